The summed E-state index contributed by atoms with van der Waals surface area (Å²) in [5.74, 6) is -0.763. The Bertz CT molecular complexity index is 1200. The number of carbonyl (C=O) groups is 2. The van der Waals surface area contributed by atoms with Gasteiger partial charge in [0.2, 0.25) is 0 Å². The van der Waals surface area contributed by atoms with Crippen LogP contribution in [-0.4, -0.2) is 53.8 Å². The fraction of sp³-hybridized carbons (Fsp3) is 0.182. The van der Waals surface area contributed by atoms with Crippen LogP contribution in [0.1, 0.15) is 21.5 Å². The van der Waals surface area contributed by atoms with Crippen LogP contribution in [0.4, 0.5) is 5.69 Å². The third-order valence-corrected chi connectivity index (χ3v) is 5.09. The molecule has 160 valence electrons. The molecule has 0 spiro atoms. The first kappa shape index (κ1) is 20.9. The Hall–Kier alpha value is -4.36. The van der Waals surface area contributed by atoms with E-state index < -0.39 is 16.7 Å². The molecular weight excluding hydrogens is 414 g/mol. The molecule has 0 aliphatic carbocycles. The number of hydrogen-bond donors (Lipinski definition) is 1. The van der Waals surface area contributed by atoms with Crippen molar-refractivity contribution in [3.8, 4) is 6.07 Å². The molecule has 2 heterocycles. The minimum atomic E-state index is -0.551. The van der Waals surface area contributed by atoms with E-state index in [0.717, 1.165) is 0 Å². The number of nitriles is 1. The highest BCUT2D eigenvalue weighted by Crippen LogP contribution is 2.31. The molecule has 1 saturated heterocycles. The number of nitro groups is 1. The number of nitrogens with one attached hydrogen (secondary N) is 1. The molecule has 2 aliphatic rings. The molecule has 2 aromatic rings. The van der Waals surface area contributed by atoms with E-state index >= 15 is 0 Å². The van der Waals surface area contributed by atoms with Gasteiger partial charge >= 0.3 is 0 Å². The van der Waals surface area contributed by atoms with Crippen LogP contribution in [-0.2, 0) is 9.53 Å². The summed E-state index contributed by atoms with van der Waals surface area (Å²) in [6.45, 7) is 1.56. The van der Waals surface area contributed by atoms with Crippen molar-refractivity contribution in [3.63, 3.8) is 0 Å². The summed E-state index contributed by atoms with van der Waals surface area (Å²) in [6.07, 6.45) is 0. The Morgan fingerprint density at radius 3 is 2.38 bits per heavy atom. The molecule has 2 aromatic carbocycles. The Balaban J connectivity index is 1.67. The SMILES string of the molecule is N#C/C(C(=O)N1CCOCC1)=C1/N=C(NC(=O)c2ccc([N+](=O)[O-])cc2)c2ccccc21. The van der Waals surface area contributed by atoms with Crippen molar-refractivity contribution >= 4 is 29.0 Å². The summed E-state index contributed by atoms with van der Waals surface area (Å²) in [6, 6.07) is 14.1. The van der Waals surface area contributed by atoms with E-state index in [1.807, 2.05) is 6.07 Å². The van der Waals surface area contributed by atoms with E-state index in [4.69, 9.17) is 4.74 Å². The van der Waals surface area contributed by atoms with Gasteiger partial charge in [-0.2, -0.15) is 5.26 Å². The van der Waals surface area contributed by atoms with Gasteiger partial charge in [0, 0.05) is 41.9 Å². The van der Waals surface area contributed by atoms with E-state index in [1.165, 1.54) is 24.3 Å². The number of morpholine rings is 1. The second-order valence-corrected chi connectivity index (χ2v) is 7.00. The van der Waals surface area contributed by atoms with Gasteiger partial charge in [-0.25, -0.2) is 4.99 Å². The predicted octanol–water partition coefficient (Wildman–Crippen LogP) is 1.88. The quantitative estimate of drug-likeness (QED) is 0.341. The van der Waals surface area contributed by atoms with Crippen molar-refractivity contribution in [3.05, 3.63) is 80.9 Å². The molecule has 0 atom stereocenters. The van der Waals surface area contributed by atoms with Crippen molar-refractivity contribution in [1.82, 2.24) is 10.2 Å². The number of nitro benzene ring substituents is 1. The summed E-state index contributed by atoms with van der Waals surface area (Å²) in [4.78, 5) is 41.8. The summed E-state index contributed by atoms with van der Waals surface area (Å²) in [5.41, 5.74) is 1.29. The second-order valence-electron chi connectivity index (χ2n) is 7.00. The Labute approximate surface area is 182 Å². The maximum atomic E-state index is 12.9. The fourth-order valence-electron chi connectivity index (χ4n) is 3.46. The van der Waals surface area contributed by atoms with Crippen molar-refractivity contribution in [2.24, 2.45) is 4.99 Å². The van der Waals surface area contributed by atoms with E-state index in [2.05, 4.69) is 10.3 Å². The monoisotopic (exact) mass is 431 g/mol. The largest absolute Gasteiger partial charge is 0.378 e. The highest BCUT2D eigenvalue weighted by atomic mass is 16.6. The van der Waals surface area contributed by atoms with E-state index in [9.17, 15) is 25.0 Å². The van der Waals surface area contributed by atoms with Crippen LogP contribution < -0.4 is 5.32 Å². The standard InChI is InChI=1S/C22H17N5O5/c23-13-18(22(29)26-9-11-32-12-10-26)19-16-3-1-2-4-17(16)20(24-19)25-21(28)14-5-7-15(8-6-14)27(30)31/h1-8H,9-12H2,(H,24,25,28)/b19-18-. The average Bonchev–Trinajstić information content (AvgIpc) is 3.18. The summed E-state index contributed by atoms with van der Waals surface area (Å²) >= 11 is 0. The van der Waals surface area contributed by atoms with Gasteiger partial charge in [-0.3, -0.25) is 19.7 Å². The van der Waals surface area contributed by atoms with Crippen LogP contribution in [0.5, 0.6) is 0 Å². The molecule has 4 rings (SSSR count). The zero-order valence-corrected chi connectivity index (χ0v) is 16.8. The highest BCUT2D eigenvalue weighted by molar-refractivity contribution is 6.20. The first-order chi connectivity index (χ1) is 15.5. The van der Waals surface area contributed by atoms with Crippen LogP contribution >= 0.6 is 0 Å². The molecule has 1 fully saturated rings. The van der Waals surface area contributed by atoms with Crippen LogP contribution in [0.15, 0.2) is 59.1 Å². The van der Waals surface area contributed by atoms with Gasteiger partial charge in [0.15, 0.2) is 0 Å². The molecular formula is C22H17N5O5. The molecule has 0 aromatic heterocycles. The molecule has 0 unspecified atom stereocenters. The number of benzene rings is 2. The van der Waals surface area contributed by atoms with Crippen molar-refractivity contribution in [1.29, 1.82) is 5.26 Å². The minimum Gasteiger partial charge on any atom is -0.378 e. The lowest BCUT2D eigenvalue weighted by Crippen LogP contribution is -2.41. The third-order valence-electron chi connectivity index (χ3n) is 5.09. The Morgan fingerprint density at radius 1 is 1.09 bits per heavy atom. The van der Waals surface area contributed by atoms with E-state index in [-0.39, 0.29) is 28.4 Å². The van der Waals surface area contributed by atoms with Gasteiger partial charge in [0.1, 0.15) is 17.5 Å². The third kappa shape index (κ3) is 3.97. The number of non-ortho nitro benzene ring substituents is 1. The summed E-state index contributed by atoms with van der Waals surface area (Å²) in [5, 5.41) is 23.2. The molecule has 32 heavy (non-hydrogen) atoms. The molecule has 0 saturated carbocycles. The van der Waals surface area contributed by atoms with E-state index in [0.29, 0.717) is 37.4 Å². The lowest BCUT2D eigenvalue weighted by Gasteiger charge is -2.26. The normalized spacial score (nSPS) is 16.5. The van der Waals surface area contributed by atoms with Gasteiger partial charge in [-0.1, -0.05) is 24.3 Å². The Kier molecular flexibility index (Phi) is 5.74. The number of carbonyl (C=O) groups excluding carboxylic acids is 2. The molecule has 10 heteroatoms. The predicted molar refractivity (Wildman–Crippen MR) is 113 cm³/mol. The van der Waals surface area contributed by atoms with Gasteiger partial charge in [0.05, 0.1) is 23.8 Å². The molecule has 0 bridgehead atoms. The number of amides is 2. The first-order valence-corrected chi connectivity index (χ1v) is 9.75. The zero-order chi connectivity index (χ0) is 22.7. The summed E-state index contributed by atoms with van der Waals surface area (Å²) in [7, 11) is 0. The van der Waals surface area contributed by atoms with Crippen LogP contribution in [0.25, 0.3) is 5.70 Å². The molecule has 2 amide bonds. The van der Waals surface area contributed by atoms with Crippen molar-refractivity contribution < 1.29 is 19.2 Å². The van der Waals surface area contributed by atoms with Crippen LogP contribution in [0.2, 0.25) is 0 Å². The van der Waals surface area contributed by atoms with Gasteiger partial charge in [0.25, 0.3) is 17.5 Å². The second kappa shape index (κ2) is 8.79. The van der Waals surface area contributed by atoms with Gasteiger partial charge in [-0.05, 0) is 12.1 Å². The van der Waals surface area contributed by atoms with Crippen molar-refractivity contribution in [2.75, 3.05) is 26.3 Å². The van der Waals surface area contributed by atoms with Crippen molar-refractivity contribution in [2.45, 2.75) is 0 Å². The lowest BCUT2D eigenvalue weighted by molar-refractivity contribution is -0.384. The molecule has 1 N–H and O–H groups in total. The number of hydrogen-bond acceptors (Lipinski definition) is 7. The number of rotatable bonds is 3. The number of nitrogens with zero attached hydrogens (tertiary/aromatic N) is 4. The van der Waals surface area contributed by atoms with E-state index in [1.54, 1.807) is 29.2 Å². The number of amidine groups is 1. The highest BCUT2D eigenvalue weighted by Gasteiger charge is 2.30. The molecule has 0 radical (unpaired) electrons. The van der Waals surface area contributed by atoms with Gasteiger partial charge in [-0.15, -0.1) is 0 Å². The lowest BCUT2D eigenvalue weighted by atomic mass is 10.0. The molecule has 10 nitrogen and oxygen atoms in total. The number of fused-ring (bicyclic) bond motifs is 1. The first-order valence-electron chi connectivity index (χ1n) is 9.75. The number of ether oxygens (including phenoxy) is 1. The molecule has 2 aliphatic heterocycles. The minimum absolute atomic E-state index is 0.112. The topological polar surface area (TPSA) is 138 Å². The Morgan fingerprint density at radius 2 is 1.75 bits per heavy atom. The van der Waals surface area contributed by atoms with Gasteiger partial charge < -0.3 is 15.0 Å². The van der Waals surface area contributed by atoms with Crippen LogP contribution in [0.3, 0.4) is 0 Å². The fourth-order valence-corrected chi connectivity index (χ4v) is 3.46. The maximum absolute atomic E-state index is 12.9. The maximum Gasteiger partial charge on any atom is 0.269 e. The smallest absolute Gasteiger partial charge is 0.269 e. The van der Waals surface area contributed by atoms with Crippen LogP contribution in [0, 0.1) is 21.4 Å². The number of aliphatic imine (C=N–C) groups is 1. The average molecular weight is 431 g/mol. The zero-order valence-electron chi connectivity index (χ0n) is 16.8. The summed E-state index contributed by atoms with van der Waals surface area (Å²) < 4.78 is 5.26.